The molecule has 27 heavy (non-hydrogen) atoms. The Kier molecular flexibility index (Phi) is 8.81. The molecule has 1 amide bonds. The van der Waals surface area contributed by atoms with Crippen LogP contribution in [0.2, 0.25) is 0 Å². The van der Waals surface area contributed by atoms with E-state index in [4.69, 9.17) is 9.47 Å². The van der Waals surface area contributed by atoms with E-state index >= 15 is 0 Å². The molecule has 2 aromatic carbocycles. The molecule has 0 radical (unpaired) electrons. The van der Waals surface area contributed by atoms with Crippen molar-refractivity contribution in [2.75, 3.05) is 45.8 Å². The number of carbonyl (C=O) groups excluding carboxylic acids is 1. The van der Waals surface area contributed by atoms with Crippen molar-refractivity contribution in [2.24, 2.45) is 0 Å². The van der Waals surface area contributed by atoms with Crippen LogP contribution in [0.1, 0.15) is 28.4 Å². The van der Waals surface area contributed by atoms with Gasteiger partial charge in [-0.15, -0.1) is 0 Å². The maximum atomic E-state index is 12.9. The fourth-order valence-electron chi connectivity index (χ4n) is 2.91. The molecule has 0 saturated carbocycles. The second-order valence-electron chi connectivity index (χ2n) is 6.34. The Hall–Kier alpha value is -2.37. The molecular weight excluding hydrogens is 340 g/mol. The van der Waals surface area contributed by atoms with Crippen molar-refractivity contribution < 1.29 is 14.3 Å². The summed E-state index contributed by atoms with van der Waals surface area (Å²) in [4.78, 5) is 14.6. The number of nitrogens with zero attached hydrogens (tertiary/aromatic N) is 1. The van der Waals surface area contributed by atoms with Crippen LogP contribution < -0.4 is 5.32 Å². The standard InChI is InChI=1S/C22H30N2O3/c1-4-19-9-5-6-11-21(19)23-17-18-8-7-10-20(16-18)22(25)24(12-14-26-2)13-15-27-3/h5-11,16,23H,4,12-15,17H2,1-3H3. The molecule has 0 aliphatic heterocycles. The smallest absolute Gasteiger partial charge is 0.254 e. The molecule has 0 spiro atoms. The maximum absolute atomic E-state index is 12.9. The zero-order chi connectivity index (χ0) is 19.5. The predicted octanol–water partition coefficient (Wildman–Crippen LogP) is 3.60. The van der Waals surface area contributed by atoms with Gasteiger partial charge < -0.3 is 19.7 Å². The molecule has 0 atom stereocenters. The third-order valence-corrected chi connectivity index (χ3v) is 4.47. The summed E-state index contributed by atoms with van der Waals surface area (Å²) in [6.45, 7) is 4.92. The van der Waals surface area contributed by atoms with E-state index in [-0.39, 0.29) is 5.91 Å². The minimum Gasteiger partial charge on any atom is -0.383 e. The van der Waals surface area contributed by atoms with E-state index in [1.54, 1.807) is 19.1 Å². The number of carbonyl (C=O) groups is 1. The minimum atomic E-state index is -0.0000849. The Morgan fingerprint density at radius 2 is 1.70 bits per heavy atom. The largest absolute Gasteiger partial charge is 0.383 e. The van der Waals surface area contributed by atoms with Gasteiger partial charge in [0.25, 0.3) is 5.91 Å². The highest BCUT2D eigenvalue weighted by Crippen LogP contribution is 2.17. The van der Waals surface area contributed by atoms with Crippen LogP contribution in [0, 0.1) is 0 Å². The highest BCUT2D eigenvalue weighted by molar-refractivity contribution is 5.94. The fraction of sp³-hybridized carbons (Fsp3) is 0.409. The lowest BCUT2D eigenvalue weighted by atomic mass is 10.1. The highest BCUT2D eigenvalue weighted by Gasteiger charge is 2.15. The lowest BCUT2D eigenvalue weighted by Gasteiger charge is -2.22. The second-order valence-corrected chi connectivity index (χ2v) is 6.34. The van der Waals surface area contributed by atoms with Crippen LogP contribution in [-0.2, 0) is 22.4 Å². The van der Waals surface area contributed by atoms with Crippen molar-refractivity contribution in [3.8, 4) is 0 Å². The first-order valence-corrected chi connectivity index (χ1v) is 9.37. The summed E-state index contributed by atoms with van der Waals surface area (Å²) in [5, 5.41) is 3.48. The SMILES string of the molecule is CCc1ccccc1NCc1cccc(C(=O)N(CCOC)CCOC)c1. The number of aryl methyl sites for hydroxylation is 1. The van der Waals surface area contributed by atoms with E-state index in [0.717, 1.165) is 17.7 Å². The number of hydrogen-bond acceptors (Lipinski definition) is 4. The van der Waals surface area contributed by atoms with Crippen LogP contribution in [0.15, 0.2) is 48.5 Å². The lowest BCUT2D eigenvalue weighted by Crippen LogP contribution is -2.36. The zero-order valence-electron chi connectivity index (χ0n) is 16.5. The summed E-state index contributed by atoms with van der Waals surface area (Å²) in [5.74, 6) is -0.0000849. The molecule has 0 unspecified atom stereocenters. The van der Waals surface area contributed by atoms with Crippen LogP contribution in [0.5, 0.6) is 0 Å². The van der Waals surface area contributed by atoms with Crippen LogP contribution in [0.4, 0.5) is 5.69 Å². The van der Waals surface area contributed by atoms with Crippen molar-refractivity contribution in [1.82, 2.24) is 4.90 Å². The molecule has 0 fully saturated rings. The van der Waals surface area contributed by atoms with Gasteiger partial charge in [-0.1, -0.05) is 37.3 Å². The summed E-state index contributed by atoms with van der Waals surface area (Å²) in [5.41, 5.74) is 4.18. The Bertz CT molecular complexity index is 710. The fourth-order valence-corrected chi connectivity index (χ4v) is 2.91. The maximum Gasteiger partial charge on any atom is 0.254 e. The van der Waals surface area contributed by atoms with Crippen molar-refractivity contribution in [1.29, 1.82) is 0 Å². The van der Waals surface area contributed by atoms with E-state index in [2.05, 4.69) is 30.4 Å². The monoisotopic (exact) mass is 370 g/mol. The number of anilines is 1. The molecule has 0 heterocycles. The van der Waals surface area contributed by atoms with E-state index in [1.807, 2.05) is 30.3 Å². The summed E-state index contributed by atoms with van der Waals surface area (Å²) in [6.07, 6.45) is 0.982. The number of amides is 1. The van der Waals surface area contributed by atoms with Gasteiger partial charge in [0.05, 0.1) is 13.2 Å². The average Bonchev–Trinajstić information content (AvgIpc) is 2.72. The molecular formula is C22H30N2O3. The molecule has 0 bridgehead atoms. The van der Waals surface area contributed by atoms with Gasteiger partial charge >= 0.3 is 0 Å². The van der Waals surface area contributed by atoms with Gasteiger partial charge in [-0.05, 0) is 35.7 Å². The Morgan fingerprint density at radius 3 is 2.37 bits per heavy atom. The van der Waals surface area contributed by atoms with Gasteiger partial charge in [0.1, 0.15) is 0 Å². The molecule has 5 heteroatoms. The summed E-state index contributed by atoms with van der Waals surface area (Å²) >= 11 is 0. The first kappa shape index (κ1) is 20.9. The van der Waals surface area contributed by atoms with Crippen LogP contribution >= 0.6 is 0 Å². The van der Waals surface area contributed by atoms with Crippen LogP contribution in [-0.4, -0.2) is 51.3 Å². The molecule has 2 rings (SSSR count). The minimum absolute atomic E-state index is 0.0000849. The van der Waals surface area contributed by atoms with Crippen LogP contribution in [0.3, 0.4) is 0 Å². The third-order valence-electron chi connectivity index (χ3n) is 4.47. The van der Waals surface area contributed by atoms with Gasteiger partial charge in [-0.3, -0.25) is 4.79 Å². The number of benzene rings is 2. The molecule has 5 nitrogen and oxygen atoms in total. The lowest BCUT2D eigenvalue weighted by molar-refractivity contribution is 0.0627. The van der Waals surface area contributed by atoms with Gasteiger partial charge in [0.15, 0.2) is 0 Å². The van der Waals surface area contributed by atoms with Crippen molar-refractivity contribution >= 4 is 11.6 Å². The molecule has 1 N–H and O–H groups in total. The molecule has 2 aromatic rings. The van der Waals surface area contributed by atoms with E-state index in [9.17, 15) is 4.79 Å². The van der Waals surface area contributed by atoms with Gasteiger partial charge in [-0.2, -0.15) is 0 Å². The van der Waals surface area contributed by atoms with Gasteiger partial charge in [-0.25, -0.2) is 0 Å². The summed E-state index contributed by atoms with van der Waals surface area (Å²) in [7, 11) is 3.28. The average molecular weight is 370 g/mol. The summed E-state index contributed by atoms with van der Waals surface area (Å²) < 4.78 is 10.3. The molecule has 0 aromatic heterocycles. The first-order chi connectivity index (χ1) is 13.2. The van der Waals surface area contributed by atoms with E-state index in [1.165, 1.54) is 5.56 Å². The number of nitrogens with one attached hydrogen (secondary N) is 1. The van der Waals surface area contributed by atoms with Crippen molar-refractivity contribution in [3.63, 3.8) is 0 Å². The normalized spacial score (nSPS) is 10.6. The highest BCUT2D eigenvalue weighted by atomic mass is 16.5. The summed E-state index contributed by atoms with van der Waals surface area (Å²) in [6, 6.07) is 16.1. The second kappa shape index (κ2) is 11.4. The third kappa shape index (κ3) is 6.38. The number of ether oxygens (including phenoxy) is 2. The van der Waals surface area contributed by atoms with E-state index < -0.39 is 0 Å². The zero-order valence-corrected chi connectivity index (χ0v) is 16.5. The van der Waals surface area contributed by atoms with Crippen LogP contribution in [0.25, 0.3) is 0 Å². The Labute approximate surface area is 162 Å². The van der Waals surface area contributed by atoms with E-state index in [0.29, 0.717) is 38.4 Å². The Balaban J connectivity index is 2.07. The number of para-hydroxylation sites is 1. The number of methoxy groups -OCH3 is 2. The van der Waals surface area contributed by atoms with Crippen molar-refractivity contribution in [2.45, 2.75) is 19.9 Å². The topological polar surface area (TPSA) is 50.8 Å². The van der Waals surface area contributed by atoms with Gasteiger partial charge in [0.2, 0.25) is 0 Å². The Morgan fingerprint density at radius 1 is 1.00 bits per heavy atom. The molecule has 0 saturated heterocycles. The quantitative estimate of drug-likeness (QED) is 0.657. The molecule has 146 valence electrons. The van der Waals surface area contributed by atoms with Gasteiger partial charge in [0, 0.05) is 45.1 Å². The predicted molar refractivity (Wildman–Crippen MR) is 109 cm³/mol. The molecule has 0 aliphatic rings. The van der Waals surface area contributed by atoms with Crippen molar-refractivity contribution in [3.05, 3.63) is 65.2 Å². The number of rotatable bonds is 11. The number of hydrogen-bond donors (Lipinski definition) is 1. The molecule has 0 aliphatic carbocycles. The first-order valence-electron chi connectivity index (χ1n) is 9.37.